The van der Waals surface area contributed by atoms with E-state index in [4.69, 9.17) is 25.1 Å². The largest absolute Gasteiger partial charge is 0.493 e. The molecule has 1 aromatic carbocycles. The lowest BCUT2D eigenvalue weighted by Gasteiger charge is -2.58. The zero-order valence-corrected chi connectivity index (χ0v) is 15.9. The van der Waals surface area contributed by atoms with Gasteiger partial charge >= 0.3 is 12.1 Å². The van der Waals surface area contributed by atoms with Crippen LogP contribution in [0.15, 0.2) is 18.5 Å². The first-order valence-corrected chi connectivity index (χ1v) is 8.76. The highest BCUT2D eigenvalue weighted by atomic mass is 19.4. The minimum Gasteiger partial charge on any atom is -0.493 e. The second-order valence-electron chi connectivity index (χ2n) is 7.25. The summed E-state index contributed by atoms with van der Waals surface area (Å²) >= 11 is 0. The van der Waals surface area contributed by atoms with E-state index in [2.05, 4.69) is 14.9 Å². The molecule has 2 fully saturated rings. The molecule has 2 aromatic rings. The Balaban J connectivity index is 0.000000298. The highest BCUT2D eigenvalue weighted by Crippen LogP contribution is 2.49. The van der Waals surface area contributed by atoms with Crippen molar-refractivity contribution in [2.75, 3.05) is 32.2 Å². The van der Waals surface area contributed by atoms with Crippen LogP contribution in [0.4, 0.5) is 19.0 Å². The van der Waals surface area contributed by atoms with E-state index in [1.54, 1.807) is 20.5 Å². The minimum absolute atomic E-state index is 0.383. The van der Waals surface area contributed by atoms with Gasteiger partial charge in [-0.1, -0.05) is 0 Å². The number of nitrogens with two attached hydrogens (primary N) is 1. The van der Waals surface area contributed by atoms with Crippen molar-refractivity contribution in [1.29, 1.82) is 0 Å². The smallest absolute Gasteiger partial charge is 0.490 e. The van der Waals surface area contributed by atoms with Gasteiger partial charge in [-0.2, -0.15) is 13.2 Å². The zero-order chi connectivity index (χ0) is 21.4. The summed E-state index contributed by atoms with van der Waals surface area (Å²) in [6.45, 7) is 2.06. The fourth-order valence-electron chi connectivity index (χ4n) is 3.85. The van der Waals surface area contributed by atoms with E-state index in [0.29, 0.717) is 23.0 Å². The molecule has 1 aliphatic carbocycles. The topological polar surface area (TPSA) is 111 Å². The standard InChI is InChI=1S/C16H20N4O2.C2HF3O2/c1-21-13-3-11-12(4-14(13)22-2)18-9-19-15(11)20-7-16(8-20)5-10(17)6-16;3-2(4,5)1(6)7/h3-4,9-10H,5-8,17H2,1-2H3;(H,6,7). The van der Waals surface area contributed by atoms with Crippen LogP contribution in [0.5, 0.6) is 11.5 Å². The molecule has 0 atom stereocenters. The van der Waals surface area contributed by atoms with Crippen LogP contribution in [0, 0.1) is 5.41 Å². The lowest BCUT2D eigenvalue weighted by Crippen LogP contribution is -2.65. The Labute approximate surface area is 164 Å². The average Bonchev–Trinajstić information content (AvgIpc) is 2.61. The van der Waals surface area contributed by atoms with Crippen molar-refractivity contribution < 1.29 is 32.5 Å². The maximum absolute atomic E-state index is 10.6. The summed E-state index contributed by atoms with van der Waals surface area (Å²) in [5.41, 5.74) is 7.23. The van der Waals surface area contributed by atoms with Crippen molar-refractivity contribution in [1.82, 2.24) is 9.97 Å². The molecule has 4 rings (SSSR count). The Morgan fingerprint density at radius 1 is 1.21 bits per heavy atom. The molecular formula is C18H21F3N4O4. The molecule has 29 heavy (non-hydrogen) atoms. The van der Waals surface area contributed by atoms with Crippen molar-refractivity contribution in [3.63, 3.8) is 0 Å². The van der Waals surface area contributed by atoms with Crippen LogP contribution in [0.2, 0.25) is 0 Å². The predicted octanol–water partition coefficient (Wildman–Crippen LogP) is 2.21. The third kappa shape index (κ3) is 4.14. The van der Waals surface area contributed by atoms with Crippen LogP contribution in [-0.2, 0) is 4.79 Å². The summed E-state index contributed by atoms with van der Waals surface area (Å²) in [7, 11) is 3.27. The van der Waals surface area contributed by atoms with E-state index in [1.807, 2.05) is 12.1 Å². The van der Waals surface area contributed by atoms with E-state index in [0.717, 1.165) is 42.7 Å². The Morgan fingerprint density at radius 3 is 2.24 bits per heavy atom. The van der Waals surface area contributed by atoms with Crippen LogP contribution in [0.3, 0.4) is 0 Å². The number of ether oxygens (including phenoxy) is 2. The summed E-state index contributed by atoms with van der Waals surface area (Å²) in [4.78, 5) is 20.0. The Hall–Kier alpha value is -2.82. The molecule has 2 heterocycles. The molecule has 1 saturated heterocycles. The maximum atomic E-state index is 10.6. The highest BCUT2D eigenvalue weighted by Gasteiger charge is 2.51. The Kier molecular flexibility index (Phi) is 5.44. The van der Waals surface area contributed by atoms with Crippen LogP contribution in [0.25, 0.3) is 10.9 Å². The van der Waals surface area contributed by atoms with Crippen LogP contribution in [0.1, 0.15) is 12.8 Å². The molecule has 3 N–H and O–H groups in total. The summed E-state index contributed by atoms with van der Waals surface area (Å²) in [5.74, 6) is -0.402. The molecule has 1 spiro atoms. The van der Waals surface area contributed by atoms with Gasteiger partial charge in [0.2, 0.25) is 0 Å². The monoisotopic (exact) mass is 414 g/mol. The van der Waals surface area contributed by atoms with Crippen LogP contribution < -0.4 is 20.1 Å². The van der Waals surface area contributed by atoms with Crippen LogP contribution in [-0.4, -0.2) is 60.6 Å². The number of aromatic nitrogens is 2. The third-order valence-electron chi connectivity index (χ3n) is 5.10. The third-order valence-corrected chi connectivity index (χ3v) is 5.10. The van der Waals surface area contributed by atoms with Crippen LogP contribution >= 0.6 is 0 Å². The molecule has 158 valence electrons. The molecule has 1 aromatic heterocycles. The van der Waals surface area contributed by atoms with E-state index in [9.17, 15) is 13.2 Å². The van der Waals surface area contributed by atoms with E-state index in [-0.39, 0.29) is 0 Å². The number of carboxylic acids is 1. The summed E-state index contributed by atoms with van der Waals surface area (Å²) in [6.07, 6.45) is -1.21. The van der Waals surface area contributed by atoms with Gasteiger partial charge in [-0.25, -0.2) is 14.8 Å². The molecule has 0 amide bonds. The number of carbonyl (C=O) groups is 1. The number of methoxy groups -OCH3 is 2. The SMILES string of the molecule is COc1cc2ncnc(N3CC4(CC(N)C4)C3)c2cc1OC.O=C(O)C(F)(F)F. The van der Waals surface area contributed by atoms with E-state index >= 15 is 0 Å². The van der Waals surface area contributed by atoms with Gasteiger partial charge in [-0.05, 0) is 18.9 Å². The molecule has 0 bridgehead atoms. The molecule has 0 radical (unpaired) electrons. The summed E-state index contributed by atoms with van der Waals surface area (Å²) in [5, 5.41) is 8.12. The lowest BCUT2D eigenvalue weighted by atomic mass is 9.61. The van der Waals surface area contributed by atoms with Gasteiger partial charge in [0.25, 0.3) is 0 Å². The Bertz CT molecular complexity index is 908. The van der Waals surface area contributed by atoms with Gasteiger partial charge in [-0.3, -0.25) is 0 Å². The van der Waals surface area contributed by atoms with Crippen molar-refractivity contribution >= 4 is 22.7 Å². The number of nitrogens with zero attached hydrogens (tertiary/aromatic N) is 3. The molecule has 8 nitrogen and oxygen atoms in total. The number of aliphatic carboxylic acids is 1. The first-order chi connectivity index (χ1) is 13.6. The number of benzene rings is 1. The summed E-state index contributed by atoms with van der Waals surface area (Å²) < 4.78 is 42.5. The molecule has 0 unspecified atom stereocenters. The van der Waals surface area contributed by atoms with Gasteiger partial charge in [-0.15, -0.1) is 0 Å². The first kappa shape index (κ1) is 20.9. The number of hydrogen-bond acceptors (Lipinski definition) is 7. The zero-order valence-electron chi connectivity index (χ0n) is 15.9. The highest BCUT2D eigenvalue weighted by molar-refractivity contribution is 5.92. The molecule has 2 aliphatic rings. The molecular weight excluding hydrogens is 393 g/mol. The number of anilines is 1. The molecule has 1 saturated carbocycles. The van der Waals surface area contributed by atoms with Crippen molar-refractivity contribution in [3.8, 4) is 11.5 Å². The van der Waals surface area contributed by atoms with Crippen molar-refractivity contribution in [2.45, 2.75) is 25.1 Å². The van der Waals surface area contributed by atoms with Crippen molar-refractivity contribution in [3.05, 3.63) is 18.5 Å². The average molecular weight is 414 g/mol. The lowest BCUT2D eigenvalue weighted by molar-refractivity contribution is -0.192. The number of halogens is 3. The second kappa shape index (κ2) is 7.54. The van der Waals surface area contributed by atoms with Crippen molar-refractivity contribution in [2.24, 2.45) is 11.1 Å². The van der Waals surface area contributed by atoms with Gasteiger partial charge in [0, 0.05) is 36.0 Å². The number of fused-ring (bicyclic) bond motifs is 1. The van der Waals surface area contributed by atoms with Gasteiger partial charge in [0.15, 0.2) is 11.5 Å². The fraction of sp³-hybridized carbons (Fsp3) is 0.500. The minimum atomic E-state index is -5.08. The summed E-state index contributed by atoms with van der Waals surface area (Å²) in [6, 6.07) is 4.24. The van der Waals surface area contributed by atoms with E-state index < -0.39 is 12.1 Å². The number of alkyl halides is 3. The number of hydrogen-bond donors (Lipinski definition) is 2. The maximum Gasteiger partial charge on any atom is 0.490 e. The van der Waals surface area contributed by atoms with Gasteiger partial charge in [0.1, 0.15) is 12.1 Å². The normalized spacial score (nSPS) is 17.8. The van der Waals surface area contributed by atoms with Gasteiger partial charge in [0.05, 0.1) is 19.7 Å². The number of rotatable bonds is 3. The molecule has 1 aliphatic heterocycles. The Morgan fingerprint density at radius 2 is 1.76 bits per heavy atom. The second-order valence-corrected chi connectivity index (χ2v) is 7.25. The first-order valence-electron chi connectivity index (χ1n) is 8.76. The number of carboxylic acid groups (broad SMARTS) is 1. The fourth-order valence-corrected chi connectivity index (χ4v) is 3.85. The molecule has 11 heteroatoms. The predicted molar refractivity (Wildman–Crippen MR) is 98.2 cm³/mol. The van der Waals surface area contributed by atoms with E-state index in [1.165, 1.54) is 0 Å². The van der Waals surface area contributed by atoms with Gasteiger partial charge < -0.3 is 25.2 Å². The quantitative estimate of drug-likeness (QED) is 0.787.